The molecule has 12 heteroatoms. The number of phenols is 1. The number of aliphatic carboxylic acids is 2. The van der Waals surface area contributed by atoms with Crippen LogP contribution in [0.3, 0.4) is 0 Å². The summed E-state index contributed by atoms with van der Waals surface area (Å²) in [6.45, 7) is 4.95. The summed E-state index contributed by atoms with van der Waals surface area (Å²) in [6, 6.07) is 1.07. The van der Waals surface area contributed by atoms with Crippen molar-refractivity contribution in [3.63, 3.8) is 0 Å². The number of amides is 3. The van der Waals surface area contributed by atoms with Crippen molar-refractivity contribution in [3.8, 4) is 5.75 Å². The molecule has 3 amide bonds. The SMILES string of the molecule is CCC(C)C(N)C(=O)NC(Cc1ccc(O)cc1)C(=O)NC(C)C(=O)NC(CC(=O)O)C(=O)O. The molecule has 0 radical (unpaired) electrons. The summed E-state index contributed by atoms with van der Waals surface area (Å²) in [4.78, 5) is 59.8. The van der Waals surface area contributed by atoms with Gasteiger partial charge >= 0.3 is 11.9 Å². The van der Waals surface area contributed by atoms with Crippen molar-refractivity contribution in [2.24, 2.45) is 11.7 Å². The molecule has 0 fully saturated rings. The zero-order valence-corrected chi connectivity index (χ0v) is 19.3. The van der Waals surface area contributed by atoms with Crippen molar-refractivity contribution in [2.45, 2.75) is 64.2 Å². The Balaban J connectivity index is 2.97. The second-order valence-corrected chi connectivity index (χ2v) is 8.07. The number of carbonyl (C=O) groups excluding carboxylic acids is 3. The van der Waals surface area contributed by atoms with E-state index >= 15 is 0 Å². The molecule has 0 aliphatic rings. The maximum absolute atomic E-state index is 12.9. The Morgan fingerprint density at radius 3 is 1.94 bits per heavy atom. The standard InChI is InChI=1S/C22H32N4O8/c1-4-11(2)18(23)21(32)25-15(9-13-5-7-14(27)8-6-13)20(31)24-12(3)19(30)26-16(22(33)34)10-17(28)29/h5-8,11-12,15-16,18,27H,4,9-10,23H2,1-3H3,(H,24,31)(H,25,32)(H,26,30)(H,28,29)(H,33,34). The fourth-order valence-electron chi connectivity index (χ4n) is 2.91. The second-order valence-electron chi connectivity index (χ2n) is 8.07. The van der Waals surface area contributed by atoms with Crippen molar-refractivity contribution in [3.05, 3.63) is 29.8 Å². The Kier molecular flexibility index (Phi) is 11.0. The molecule has 0 aliphatic heterocycles. The molecule has 5 atom stereocenters. The summed E-state index contributed by atoms with van der Waals surface area (Å²) in [5.41, 5.74) is 6.57. The molecule has 0 aliphatic carbocycles. The zero-order valence-electron chi connectivity index (χ0n) is 19.3. The first kappa shape index (κ1) is 28.4. The third-order valence-corrected chi connectivity index (χ3v) is 5.31. The Bertz CT molecular complexity index is 889. The number of hydrogen-bond donors (Lipinski definition) is 7. The monoisotopic (exact) mass is 480 g/mol. The Morgan fingerprint density at radius 2 is 1.44 bits per heavy atom. The fourth-order valence-corrected chi connectivity index (χ4v) is 2.91. The number of rotatable bonds is 13. The van der Waals surface area contributed by atoms with E-state index < -0.39 is 60.2 Å². The minimum Gasteiger partial charge on any atom is -0.508 e. The molecule has 1 rings (SSSR count). The van der Waals surface area contributed by atoms with Crippen LogP contribution in [0.4, 0.5) is 0 Å². The maximum atomic E-state index is 12.9. The molecule has 1 aromatic rings. The van der Waals surface area contributed by atoms with Gasteiger partial charge in [0.25, 0.3) is 0 Å². The fraction of sp³-hybridized carbons (Fsp3) is 0.500. The van der Waals surface area contributed by atoms with Gasteiger partial charge in [-0.1, -0.05) is 32.4 Å². The first-order valence-electron chi connectivity index (χ1n) is 10.7. The topological polar surface area (TPSA) is 208 Å². The number of carbonyl (C=O) groups is 5. The number of carboxylic acid groups (broad SMARTS) is 2. The average molecular weight is 481 g/mol. The van der Waals surface area contributed by atoms with Gasteiger partial charge in [0.2, 0.25) is 17.7 Å². The number of aromatic hydroxyl groups is 1. The minimum absolute atomic E-state index is 0.0206. The summed E-state index contributed by atoms with van der Waals surface area (Å²) in [5.74, 6) is -5.28. The summed E-state index contributed by atoms with van der Waals surface area (Å²) in [7, 11) is 0. The van der Waals surface area contributed by atoms with E-state index in [2.05, 4.69) is 16.0 Å². The molecule has 34 heavy (non-hydrogen) atoms. The van der Waals surface area contributed by atoms with Gasteiger partial charge in [-0.05, 0) is 30.5 Å². The van der Waals surface area contributed by atoms with Gasteiger partial charge in [-0.25, -0.2) is 4.79 Å². The van der Waals surface area contributed by atoms with Crippen LogP contribution in [0.5, 0.6) is 5.75 Å². The van der Waals surface area contributed by atoms with Crippen molar-refractivity contribution >= 4 is 29.7 Å². The largest absolute Gasteiger partial charge is 0.508 e. The quantitative estimate of drug-likeness (QED) is 0.191. The maximum Gasteiger partial charge on any atom is 0.326 e. The van der Waals surface area contributed by atoms with Crippen LogP contribution in [0.2, 0.25) is 0 Å². The Morgan fingerprint density at radius 1 is 0.882 bits per heavy atom. The smallest absolute Gasteiger partial charge is 0.326 e. The molecule has 0 saturated heterocycles. The molecule has 0 saturated carbocycles. The summed E-state index contributed by atoms with van der Waals surface area (Å²) in [5, 5.41) is 34.4. The number of carboxylic acids is 2. The summed E-state index contributed by atoms with van der Waals surface area (Å²) in [6.07, 6.45) is -0.174. The Hall–Kier alpha value is -3.67. The van der Waals surface area contributed by atoms with Crippen molar-refractivity contribution < 1.29 is 39.3 Å². The van der Waals surface area contributed by atoms with Gasteiger partial charge < -0.3 is 37.0 Å². The van der Waals surface area contributed by atoms with Gasteiger partial charge in [-0.2, -0.15) is 0 Å². The first-order valence-corrected chi connectivity index (χ1v) is 10.7. The number of benzene rings is 1. The second kappa shape index (κ2) is 13.1. The van der Waals surface area contributed by atoms with Crippen molar-refractivity contribution in [2.75, 3.05) is 0 Å². The van der Waals surface area contributed by atoms with E-state index in [1.165, 1.54) is 19.1 Å². The third kappa shape index (κ3) is 9.06. The van der Waals surface area contributed by atoms with Crippen LogP contribution in [-0.2, 0) is 30.4 Å². The number of phenolic OH excluding ortho intramolecular Hbond substituents is 1. The van der Waals surface area contributed by atoms with Crippen molar-refractivity contribution in [1.29, 1.82) is 0 Å². The predicted molar refractivity (Wildman–Crippen MR) is 121 cm³/mol. The van der Waals surface area contributed by atoms with E-state index in [0.717, 1.165) is 0 Å². The molecule has 0 bridgehead atoms. The van der Waals surface area contributed by atoms with Gasteiger partial charge in [0.15, 0.2) is 0 Å². The van der Waals surface area contributed by atoms with Gasteiger partial charge in [-0.3, -0.25) is 19.2 Å². The highest BCUT2D eigenvalue weighted by Crippen LogP contribution is 2.12. The van der Waals surface area contributed by atoms with Crippen molar-refractivity contribution in [1.82, 2.24) is 16.0 Å². The predicted octanol–water partition coefficient (Wildman–Crippen LogP) is -0.658. The molecule has 1 aromatic carbocycles. The van der Waals surface area contributed by atoms with Crippen LogP contribution in [0.1, 0.15) is 39.2 Å². The number of nitrogens with two attached hydrogens (primary N) is 1. The van der Waals surface area contributed by atoms with Gasteiger partial charge in [0.05, 0.1) is 12.5 Å². The van der Waals surface area contributed by atoms with Gasteiger partial charge in [-0.15, -0.1) is 0 Å². The summed E-state index contributed by atoms with van der Waals surface area (Å²) >= 11 is 0. The molecule has 5 unspecified atom stereocenters. The van der Waals surface area contributed by atoms with E-state index in [4.69, 9.17) is 15.9 Å². The van der Waals surface area contributed by atoms with Gasteiger partial charge in [0.1, 0.15) is 23.9 Å². The lowest BCUT2D eigenvalue weighted by molar-refractivity contribution is -0.147. The highest BCUT2D eigenvalue weighted by Gasteiger charge is 2.30. The highest BCUT2D eigenvalue weighted by atomic mass is 16.4. The number of nitrogens with one attached hydrogen (secondary N) is 3. The zero-order chi connectivity index (χ0) is 26.0. The minimum atomic E-state index is -1.68. The lowest BCUT2D eigenvalue weighted by Gasteiger charge is -2.25. The molecule has 0 aromatic heterocycles. The normalized spacial score (nSPS) is 15.2. The molecule has 12 nitrogen and oxygen atoms in total. The first-order chi connectivity index (χ1) is 15.8. The molecule has 188 valence electrons. The van der Waals surface area contributed by atoms with Crippen LogP contribution >= 0.6 is 0 Å². The molecule has 0 spiro atoms. The molecule has 0 heterocycles. The summed E-state index contributed by atoms with van der Waals surface area (Å²) < 4.78 is 0. The number of hydrogen-bond acceptors (Lipinski definition) is 7. The van der Waals surface area contributed by atoms with Crippen LogP contribution in [0.15, 0.2) is 24.3 Å². The van der Waals surface area contributed by atoms with E-state index in [-0.39, 0.29) is 18.1 Å². The average Bonchev–Trinajstić information content (AvgIpc) is 2.77. The molecule has 8 N–H and O–H groups in total. The lowest BCUT2D eigenvalue weighted by atomic mass is 9.98. The van der Waals surface area contributed by atoms with Crippen LogP contribution in [0, 0.1) is 5.92 Å². The van der Waals surface area contributed by atoms with Crippen LogP contribution in [-0.4, -0.2) is 69.1 Å². The van der Waals surface area contributed by atoms with Gasteiger partial charge in [0, 0.05) is 6.42 Å². The van der Waals surface area contributed by atoms with E-state index in [1.807, 2.05) is 6.92 Å². The van der Waals surface area contributed by atoms with E-state index in [0.29, 0.717) is 12.0 Å². The lowest BCUT2D eigenvalue weighted by Crippen LogP contribution is -2.57. The van der Waals surface area contributed by atoms with Crippen LogP contribution in [0.25, 0.3) is 0 Å². The Labute approximate surface area is 196 Å². The highest BCUT2D eigenvalue weighted by molar-refractivity contribution is 5.94. The molecular formula is C22H32N4O8. The molecular weight excluding hydrogens is 448 g/mol. The van der Waals surface area contributed by atoms with E-state index in [9.17, 15) is 29.1 Å². The van der Waals surface area contributed by atoms with Crippen LogP contribution < -0.4 is 21.7 Å². The third-order valence-electron chi connectivity index (χ3n) is 5.31. The van der Waals surface area contributed by atoms with E-state index in [1.54, 1.807) is 19.1 Å².